The Kier molecular flexibility index (Phi) is 6.65. The molecular weight excluding hydrogens is 536 g/mol. The smallest absolute Gasteiger partial charge is 0.312 e. The lowest BCUT2D eigenvalue weighted by Crippen LogP contribution is -2.76. The minimum absolute atomic E-state index is 0.00472. The molecule has 39 heavy (non-hydrogen) atoms. The van der Waals surface area contributed by atoms with E-state index in [1.54, 1.807) is 20.8 Å². The Morgan fingerprint density at radius 3 is 2.36 bits per heavy atom. The Balaban J connectivity index is 1.81. The molecule has 0 aromatic heterocycles. The van der Waals surface area contributed by atoms with Crippen molar-refractivity contribution in [3.63, 3.8) is 0 Å². The van der Waals surface area contributed by atoms with E-state index in [2.05, 4.69) is 6.58 Å². The van der Waals surface area contributed by atoms with Gasteiger partial charge in [-0.3, -0.25) is 19.2 Å². The van der Waals surface area contributed by atoms with Gasteiger partial charge in [-0.2, -0.15) is 0 Å². The Labute approximate surface area is 231 Å². The molecule has 12 heteroatoms. The quantitative estimate of drug-likeness (QED) is 0.174. The van der Waals surface area contributed by atoms with E-state index in [0.29, 0.717) is 12.8 Å². The molecule has 1 aliphatic carbocycles. The van der Waals surface area contributed by atoms with Crippen molar-refractivity contribution in [3.8, 4) is 0 Å². The van der Waals surface area contributed by atoms with E-state index in [-0.39, 0.29) is 25.0 Å². The van der Waals surface area contributed by atoms with E-state index in [0.717, 1.165) is 0 Å². The van der Waals surface area contributed by atoms with Crippen molar-refractivity contribution < 1.29 is 52.7 Å². The molecule has 2 bridgehead atoms. The van der Waals surface area contributed by atoms with Crippen LogP contribution in [0, 0.1) is 17.3 Å². The number of hydrogen-bond acceptors (Lipinski definition) is 11. The zero-order valence-electron chi connectivity index (χ0n) is 22.7. The summed E-state index contributed by atoms with van der Waals surface area (Å²) in [6.45, 7) is 11.7. The molecule has 4 heterocycles. The second kappa shape index (κ2) is 9.15. The summed E-state index contributed by atoms with van der Waals surface area (Å²) in [6.07, 6.45) is -3.89. The second-order valence-electron chi connectivity index (χ2n) is 11.6. The van der Waals surface area contributed by atoms with Crippen LogP contribution in [0.15, 0.2) is 12.2 Å². The van der Waals surface area contributed by atoms with Gasteiger partial charge in [0.25, 0.3) is 0 Å². The Morgan fingerprint density at radius 2 is 1.79 bits per heavy atom. The molecule has 0 radical (unpaired) electrons. The molecule has 0 aromatic carbocycles. The van der Waals surface area contributed by atoms with Crippen molar-refractivity contribution in [3.05, 3.63) is 12.2 Å². The molecule has 0 unspecified atom stereocenters. The number of aliphatic hydroxyl groups is 1. The van der Waals surface area contributed by atoms with Crippen LogP contribution in [-0.4, -0.2) is 82.4 Å². The Bertz CT molecular complexity index is 1120. The van der Waals surface area contributed by atoms with Crippen LogP contribution < -0.4 is 0 Å². The van der Waals surface area contributed by atoms with Crippen LogP contribution in [-0.2, 0) is 47.6 Å². The fourth-order valence-electron chi connectivity index (χ4n) is 7.48. The highest BCUT2D eigenvalue weighted by atomic mass is 35.5. The molecule has 1 saturated carbocycles. The van der Waals surface area contributed by atoms with Crippen molar-refractivity contribution in [2.24, 2.45) is 17.3 Å². The van der Waals surface area contributed by atoms with Crippen molar-refractivity contribution >= 4 is 35.5 Å². The van der Waals surface area contributed by atoms with Gasteiger partial charge in [0, 0.05) is 38.2 Å². The largest absolute Gasteiger partial charge is 0.462 e. The topological polar surface area (TPSA) is 147 Å². The van der Waals surface area contributed by atoms with E-state index < -0.39 is 87.9 Å². The summed E-state index contributed by atoms with van der Waals surface area (Å²) in [7, 11) is 0. The van der Waals surface area contributed by atoms with Gasteiger partial charge < -0.3 is 33.5 Å². The van der Waals surface area contributed by atoms with Crippen LogP contribution in [0.4, 0.5) is 0 Å². The number of epoxide rings is 1. The Morgan fingerprint density at radius 1 is 1.15 bits per heavy atom. The third-order valence-electron chi connectivity index (χ3n) is 9.51. The van der Waals surface area contributed by atoms with Crippen LogP contribution >= 0.6 is 11.6 Å². The molecule has 5 fully saturated rings. The van der Waals surface area contributed by atoms with Crippen LogP contribution in [0.5, 0.6) is 0 Å². The molecule has 0 aromatic rings. The summed E-state index contributed by atoms with van der Waals surface area (Å²) >= 11 is 6.82. The van der Waals surface area contributed by atoms with Crippen molar-refractivity contribution in [2.75, 3.05) is 6.61 Å². The average molecular weight is 571 g/mol. The first-order valence-electron chi connectivity index (χ1n) is 13.3. The van der Waals surface area contributed by atoms with Crippen molar-refractivity contribution in [2.45, 2.75) is 107 Å². The predicted octanol–water partition coefficient (Wildman–Crippen LogP) is 1.94. The summed E-state index contributed by atoms with van der Waals surface area (Å²) < 4.78 is 36.1. The van der Waals surface area contributed by atoms with E-state index in [4.69, 9.17) is 40.0 Å². The van der Waals surface area contributed by atoms with Gasteiger partial charge in [0.15, 0.2) is 17.5 Å². The molecule has 216 valence electrons. The summed E-state index contributed by atoms with van der Waals surface area (Å²) in [5.41, 5.74) is -3.90. The highest BCUT2D eigenvalue weighted by Crippen LogP contribution is 2.66. The number of esters is 4. The zero-order chi connectivity index (χ0) is 28.7. The molecule has 0 amide bonds. The number of carbonyl (C=O) groups excluding carboxylic acids is 4. The highest BCUT2D eigenvalue weighted by Gasteiger charge is 2.80. The van der Waals surface area contributed by atoms with Gasteiger partial charge in [0.05, 0.1) is 28.9 Å². The van der Waals surface area contributed by atoms with Gasteiger partial charge in [-0.05, 0) is 19.8 Å². The van der Waals surface area contributed by atoms with Crippen LogP contribution in [0.3, 0.4) is 0 Å². The van der Waals surface area contributed by atoms with E-state index in [1.807, 2.05) is 0 Å². The normalized spacial score (nSPS) is 48.1. The molecule has 4 aliphatic heterocycles. The van der Waals surface area contributed by atoms with Gasteiger partial charge in [-0.1, -0.05) is 20.4 Å². The fourth-order valence-corrected chi connectivity index (χ4v) is 7.90. The molecule has 2 spiro atoms. The lowest BCUT2D eigenvalue weighted by atomic mass is 9.51. The van der Waals surface area contributed by atoms with Crippen LogP contribution in [0.2, 0.25) is 0 Å². The molecule has 1 N–H and O–H groups in total. The molecule has 4 saturated heterocycles. The highest BCUT2D eigenvalue weighted by molar-refractivity contribution is 6.23. The third-order valence-corrected chi connectivity index (χ3v) is 10.00. The molecule has 11 atom stereocenters. The third kappa shape index (κ3) is 3.94. The summed E-state index contributed by atoms with van der Waals surface area (Å²) in [5, 5.41) is 11.0. The number of alkyl halides is 1. The van der Waals surface area contributed by atoms with Gasteiger partial charge >= 0.3 is 23.9 Å². The van der Waals surface area contributed by atoms with Gasteiger partial charge in [0.1, 0.15) is 18.3 Å². The maximum atomic E-state index is 13.1. The first-order chi connectivity index (χ1) is 18.2. The lowest BCUT2D eigenvalue weighted by molar-refractivity contribution is -0.353. The number of hydrogen-bond donors (Lipinski definition) is 1. The summed E-state index contributed by atoms with van der Waals surface area (Å²) in [5.74, 6) is -6.50. The first kappa shape index (κ1) is 28.3. The molecular formula is C27H35ClO11. The van der Waals surface area contributed by atoms with Crippen molar-refractivity contribution in [1.82, 2.24) is 0 Å². The monoisotopic (exact) mass is 570 g/mol. The fraction of sp³-hybridized carbons (Fsp3) is 0.778. The molecule has 11 nitrogen and oxygen atoms in total. The lowest BCUT2D eigenvalue weighted by Gasteiger charge is -2.62. The number of carbonyl (C=O) groups is 4. The minimum atomic E-state index is -2.22. The second-order valence-corrected chi connectivity index (χ2v) is 12.1. The van der Waals surface area contributed by atoms with Gasteiger partial charge in [0.2, 0.25) is 0 Å². The zero-order valence-corrected chi connectivity index (χ0v) is 23.4. The minimum Gasteiger partial charge on any atom is -0.462 e. The first-order valence-corrected chi connectivity index (χ1v) is 13.7. The summed E-state index contributed by atoms with van der Waals surface area (Å²) in [4.78, 5) is 50.9. The Hall–Kier alpha value is -2.21. The van der Waals surface area contributed by atoms with Gasteiger partial charge in [-0.15, -0.1) is 11.6 Å². The average Bonchev–Trinajstić information content (AvgIpc) is 3.58. The standard InChI is InChI=1S/C27H35ClO11/c1-7-18(31)37-17-10-26(33)12(2)19(28)21-27(39-26,13(3)23(32)38-21)22(36-15(5)30)20-24(17,6)16(35-14(4)29)8-9-25(20)11-34-25/h13,16-17,19-22,33H,2,7-11H2,1,3-6H3/t13-,16-,17-,19-,20+,21-,22-,24+,25-,26+,27-/m0/s1. The molecule has 5 rings (SSSR count). The predicted molar refractivity (Wildman–Crippen MR) is 132 cm³/mol. The van der Waals surface area contributed by atoms with Gasteiger partial charge in [-0.25, -0.2) is 0 Å². The summed E-state index contributed by atoms with van der Waals surface area (Å²) in [6, 6.07) is 0. The maximum absolute atomic E-state index is 13.1. The van der Waals surface area contributed by atoms with E-state index in [1.165, 1.54) is 13.8 Å². The van der Waals surface area contributed by atoms with Crippen LogP contribution in [0.1, 0.15) is 60.3 Å². The van der Waals surface area contributed by atoms with Crippen LogP contribution in [0.25, 0.3) is 0 Å². The number of fused-ring (bicyclic) bond motifs is 3. The SMILES string of the molecule is C=C1[C@H](Cl)[C@@H]2OC(=O)[C@H](C)[C@]23O[C@]1(O)C[C@H](OC(=O)CC)[C@@]1(C)[C@@H](OC(C)=O)CC[C@]2(CO2)[C@@H]1[C@@H]3OC(C)=O. The van der Waals surface area contributed by atoms with E-state index >= 15 is 0 Å². The maximum Gasteiger partial charge on any atom is 0.312 e. The number of halogens is 1. The van der Waals surface area contributed by atoms with Crippen molar-refractivity contribution in [1.29, 1.82) is 0 Å². The number of rotatable bonds is 4. The molecule has 5 aliphatic rings. The number of ether oxygens (including phenoxy) is 6. The van der Waals surface area contributed by atoms with E-state index in [9.17, 15) is 24.3 Å².